The van der Waals surface area contributed by atoms with E-state index in [-0.39, 0.29) is 17.1 Å². The second-order valence-corrected chi connectivity index (χ2v) is 5.79. The number of carboxylic acid groups (broad SMARTS) is 1. The number of aliphatic carboxylic acids is 1. The van der Waals surface area contributed by atoms with E-state index in [1.54, 1.807) is 5.38 Å². The van der Waals surface area contributed by atoms with Gasteiger partial charge in [0.1, 0.15) is 5.15 Å². The van der Waals surface area contributed by atoms with Crippen LogP contribution < -0.4 is 5.32 Å². The van der Waals surface area contributed by atoms with Crippen LogP contribution >= 0.6 is 38.9 Å². The Bertz CT molecular complexity index is 677. The zero-order valence-corrected chi connectivity index (χ0v) is 12.9. The lowest BCUT2D eigenvalue weighted by atomic mass is 10.3. The molecule has 2 N–H and O–H groups in total. The number of aromatic nitrogens is 2. The summed E-state index contributed by atoms with van der Waals surface area (Å²) in [5.74, 6) is -1.44. The fourth-order valence-corrected chi connectivity index (χ4v) is 2.57. The van der Waals surface area contributed by atoms with Gasteiger partial charge >= 0.3 is 5.97 Å². The summed E-state index contributed by atoms with van der Waals surface area (Å²) in [5.41, 5.74) is 0.590. The maximum absolute atomic E-state index is 12.0. The molecule has 9 heteroatoms. The van der Waals surface area contributed by atoms with E-state index in [4.69, 9.17) is 16.7 Å². The molecule has 0 atom stereocenters. The summed E-state index contributed by atoms with van der Waals surface area (Å²) in [7, 11) is 0. The number of rotatable bonds is 4. The molecule has 0 radical (unpaired) electrons. The molecular weight excluding hydrogens is 370 g/mol. The molecule has 6 nitrogen and oxygen atoms in total. The van der Waals surface area contributed by atoms with E-state index in [1.807, 2.05) is 0 Å². The third-order valence-corrected chi connectivity index (χ3v) is 3.70. The minimum atomic E-state index is -0.979. The summed E-state index contributed by atoms with van der Waals surface area (Å²) >= 11 is 10.2. The van der Waals surface area contributed by atoms with E-state index in [0.717, 1.165) is 11.3 Å². The SMILES string of the molecule is O=C(O)Cc1csc(NC(=O)c2cc(Br)cnc2Cl)n1. The van der Waals surface area contributed by atoms with Crippen LogP contribution in [0.1, 0.15) is 16.1 Å². The first-order valence-electron chi connectivity index (χ1n) is 5.24. The fourth-order valence-electron chi connectivity index (χ4n) is 1.35. The van der Waals surface area contributed by atoms with Gasteiger partial charge in [0.25, 0.3) is 5.91 Å². The molecule has 0 aromatic carbocycles. The van der Waals surface area contributed by atoms with Crippen LogP contribution in [0, 0.1) is 0 Å². The number of hydrogen-bond donors (Lipinski definition) is 2. The predicted octanol–water partition coefficient (Wildman–Crippen LogP) is 2.83. The number of thiazole rings is 1. The van der Waals surface area contributed by atoms with Crippen LogP contribution in [0.2, 0.25) is 5.15 Å². The monoisotopic (exact) mass is 375 g/mol. The van der Waals surface area contributed by atoms with Gasteiger partial charge in [0, 0.05) is 16.0 Å². The van der Waals surface area contributed by atoms with Gasteiger partial charge in [0.15, 0.2) is 5.13 Å². The van der Waals surface area contributed by atoms with Crippen LogP contribution in [0.15, 0.2) is 22.1 Å². The van der Waals surface area contributed by atoms with Crippen LogP contribution in [0.3, 0.4) is 0 Å². The Morgan fingerprint density at radius 2 is 2.25 bits per heavy atom. The second kappa shape index (κ2) is 6.29. The van der Waals surface area contributed by atoms with Crippen molar-refractivity contribution >= 4 is 55.9 Å². The number of carbonyl (C=O) groups excluding carboxylic acids is 1. The number of pyridine rings is 1. The largest absolute Gasteiger partial charge is 0.481 e. The van der Waals surface area contributed by atoms with E-state index in [9.17, 15) is 9.59 Å². The molecule has 2 aromatic rings. The van der Waals surface area contributed by atoms with Crippen molar-refractivity contribution in [3.63, 3.8) is 0 Å². The van der Waals surface area contributed by atoms with Crippen LogP contribution in [0.25, 0.3) is 0 Å². The number of anilines is 1. The van der Waals surface area contributed by atoms with E-state index < -0.39 is 11.9 Å². The van der Waals surface area contributed by atoms with E-state index >= 15 is 0 Å². The van der Waals surface area contributed by atoms with Gasteiger partial charge in [-0.05, 0) is 22.0 Å². The number of amides is 1. The molecule has 0 saturated carbocycles. The van der Waals surface area contributed by atoms with Crippen LogP contribution in [-0.4, -0.2) is 27.0 Å². The molecule has 0 bridgehead atoms. The first kappa shape index (κ1) is 14.9. The van der Waals surface area contributed by atoms with Gasteiger partial charge < -0.3 is 5.11 Å². The maximum Gasteiger partial charge on any atom is 0.309 e. The fraction of sp³-hybridized carbons (Fsp3) is 0.0909. The lowest BCUT2D eigenvalue weighted by molar-refractivity contribution is -0.136. The van der Waals surface area contributed by atoms with Crippen molar-refractivity contribution in [1.29, 1.82) is 0 Å². The number of nitrogens with zero attached hydrogens (tertiary/aromatic N) is 2. The van der Waals surface area contributed by atoms with Gasteiger partial charge in [0.2, 0.25) is 0 Å². The van der Waals surface area contributed by atoms with E-state index in [1.165, 1.54) is 12.3 Å². The molecule has 0 saturated heterocycles. The van der Waals surface area contributed by atoms with Crippen molar-refractivity contribution in [3.8, 4) is 0 Å². The van der Waals surface area contributed by atoms with Crippen molar-refractivity contribution in [2.75, 3.05) is 5.32 Å². The normalized spacial score (nSPS) is 10.3. The van der Waals surface area contributed by atoms with Gasteiger partial charge in [-0.25, -0.2) is 9.97 Å². The van der Waals surface area contributed by atoms with Crippen molar-refractivity contribution in [3.05, 3.63) is 38.5 Å². The van der Waals surface area contributed by atoms with Gasteiger partial charge in [-0.2, -0.15) is 0 Å². The maximum atomic E-state index is 12.0. The minimum Gasteiger partial charge on any atom is -0.481 e. The Morgan fingerprint density at radius 3 is 2.95 bits per heavy atom. The van der Waals surface area contributed by atoms with Gasteiger partial charge in [-0.1, -0.05) is 11.6 Å². The summed E-state index contributed by atoms with van der Waals surface area (Å²) in [5, 5.41) is 13.2. The summed E-state index contributed by atoms with van der Waals surface area (Å²) in [4.78, 5) is 30.4. The summed E-state index contributed by atoms with van der Waals surface area (Å²) in [6.07, 6.45) is 1.29. The highest BCUT2D eigenvalue weighted by Crippen LogP contribution is 2.21. The molecule has 0 fully saturated rings. The highest BCUT2D eigenvalue weighted by atomic mass is 79.9. The average Bonchev–Trinajstić information content (AvgIpc) is 2.78. The quantitative estimate of drug-likeness (QED) is 0.801. The lowest BCUT2D eigenvalue weighted by Gasteiger charge is -2.03. The zero-order chi connectivity index (χ0) is 14.7. The summed E-state index contributed by atoms with van der Waals surface area (Å²) in [6, 6.07) is 1.54. The van der Waals surface area contributed by atoms with E-state index in [2.05, 4.69) is 31.2 Å². The third kappa shape index (κ3) is 3.75. The Labute approximate surface area is 131 Å². The Balaban J connectivity index is 2.13. The van der Waals surface area contributed by atoms with E-state index in [0.29, 0.717) is 15.3 Å². The van der Waals surface area contributed by atoms with Crippen molar-refractivity contribution in [2.24, 2.45) is 0 Å². The van der Waals surface area contributed by atoms with Gasteiger partial charge in [-0.15, -0.1) is 11.3 Å². The van der Waals surface area contributed by atoms with Gasteiger partial charge in [-0.3, -0.25) is 14.9 Å². The Hall–Kier alpha value is -1.51. The van der Waals surface area contributed by atoms with Gasteiger partial charge in [0.05, 0.1) is 17.7 Å². The van der Waals surface area contributed by atoms with Crippen molar-refractivity contribution < 1.29 is 14.7 Å². The molecule has 2 rings (SSSR count). The molecule has 20 heavy (non-hydrogen) atoms. The van der Waals surface area contributed by atoms with Crippen molar-refractivity contribution in [2.45, 2.75) is 6.42 Å². The van der Waals surface area contributed by atoms with Crippen LogP contribution in [0.5, 0.6) is 0 Å². The molecule has 0 aliphatic heterocycles. The first-order valence-corrected chi connectivity index (χ1v) is 7.29. The number of carboxylic acids is 1. The third-order valence-electron chi connectivity index (χ3n) is 2.15. The van der Waals surface area contributed by atoms with Crippen LogP contribution in [-0.2, 0) is 11.2 Å². The molecule has 1 amide bonds. The summed E-state index contributed by atoms with van der Waals surface area (Å²) in [6.45, 7) is 0. The predicted molar refractivity (Wildman–Crippen MR) is 78.4 cm³/mol. The number of nitrogens with one attached hydrogen (secondary N) is 1. The topological polar surface area (TPSA) is 92.2 Å². The molecule has 104 valence electrons. The second-order valence-electron chi connectivity index (χ2n) is 3.66. The van der Waals surface area contributed by atoms with Crippen molar-refractivity contribution in [1.82, 2.24) is 9.97 Å². The molecule has 2 aromatic heterocycles. The standard InChI is InChI=1S/C11H7BrClN3O3S/c12-5-1-7(9(13)14-3-5)10(19)16-11-15-6(4-20-11)2-8(17)18/h1,3-4H,2H2,(H,17,18)(H,15,16,19). The highest BCUT2D eigenvalue weighted by molar-refractivity contribution is 9.10. The molecule has 2 heterocycles. The minimum absolute atomic E-state index is 0.0769. The zero-order valence-electron chi connectivity index (χ0n) is 9.76. The number of halogens is 2. The lowest BCUT2D eigenvalue weighted by Crippen LogP contribution is -2.13. The molecule has 0 unspecified atom stereocenters. The highest BCUT2D eigenvalue weighted by Gasteiger charge is 2.14. The molecule has 0 aliphatic rings. The first-order chi connectivity index (χ1) is 9.45. The number of carbonyl (C=O) groups is 2. The number of hydrogen-bond acceptors (Lipinski definition) is 5. The van der Waals surface area contributed by atoms with Crippen LogP contribution in [0.4, 0.5) is 5.13 Å². The Kier molecular flexibility index (Phi) is 4.69. The molecule has 0 spiro atoms. The summed E-state index contributed by atoms with van der Waals surface area (Å²) < 4.78 is 0.623. The Morgan fingerprint density at radius 1 is 1.50 bits per heavy atom. The smallest absolute Gasteiger partial charge is 0.309 e. The average molecular weight is 377 g/mol. The molecular formula is C11H7BrClN3O3S. The molecule has 0 aliphatic carbocycles.